The van der Waals surface area contributed by atoms with E-state index in [1.807, 2.05) is 20.8 Å². The number of amides is 3. The van der Waals surface area contributed by atoms with Crippen LogP contribution < -0.4 is 5.32 Å². The summed E-state index contributed by atoms with van der Waals surface area (Å²) in [6.45, 7) is 17.0. The lowest BCUT2D eigenvalue weighted by Gasteiger charge is -2.41. The van der Waals surface area contributed by atoms with E-state index < -0.39 is 47.7 Å². The Labute approximate surface area is 258 Å². The zero-order chi connectivity index (χ0) is 31.4. The van der Waals surface area contributed by atoms with E-state index in [-0.39, 0.29) is 47.7 Å². The first-order valence-electron chi connectivity index (χ1n) is 15.1. The van der Waals surface area contributed by atoms with Gasteiger partial charge in [-0.25, -0.2) is 0 Å². The molecule has 0 saturated carbocycles. The molecule has 0 aliphatic carbocycles. The van der Waals surface area contributed by atoms with Gasteiger partial charge >= 0.3 is 5.97 Å². The molecular weight excluding hydrogens is 606 g/mol. The minimum Gasteiger partial charge on any atom is -0.460 e. The first kappa shape index (κ1) is 34.3. The van der Waals surface area contributed by atoms with Gasteiger partial charge in [0.2, 0.25) is 17.7 Å². The zero-order valence-corrected chi connectivity index (χ0v) is 27.2. The van der Waals surface area contributed by atoms with E-state index in [4.69, 9.17) is 9.47 Å². The van der Waals surface area contributed by atoms with Crippen LogP contribution in [-0.4, -0.2) is 99.1 Å². The number of nitrogens with zero attached hydrogens (tertiary/aromatic N) is 2. The second-order valence-corrected chi connectivity index (χ2v) is 13.4. The molecule has 0 aromatic carbocycles. The molecule has 3 saturated heterocycles. The predicted octanol–water partition coefficient (Wildman–Crippen LogP) is 2.97. The Balaban J connectivity index is 1.97. The minimum atomic E-state index is -1.26. The number of halogens is 1. The highest BCUT2D eigenvalue weighted by atomic mass is 79.9. The molecule has 9 atom stereocenters. The van der Waals surface area contributed by atoms with Gasteiger partial charge in [0.25, 0.3) is 0 Å². The number of esters is 1. The summed E-state index contributed by atoms with van der Waals surface area (Å²) >= 11 is 3.68. The summed E-state index contributed by atoms with van der Waals surface area (Å²) in [5.41, 5.74) is -1.26. The van der Waals surface area contributed by atoms with Crippen LogP contribution >= 0.6 is 15.9 Å². The van der Waals surface area contributed by atoms with E-state index in [1.54, 1.807) is 24.0 Å². The van der Waals surface area contributed by atoms with E-state index >= 15 is 0 Å². The summed E-state index contributed by atoms with van der Waals surface area (Å²) < 4.78 is 12.3. The fraction of sp³-hybridized carbons (Fsp3) is 0.742. The number of hydrogen-bond acceptors (Lipinski definition) is 7. The smallest absolute Gasteiger partial charge is 0.312 e. The highest BCUT2D eigenvalue weighted by Crippen LogP contribution is 2.61. The molecule has 0 radical (unpaired) electrons. The van der Waals surface area contributed by atoms with Crippen molar-refractivity contribution in [3.05, 3.63) is 25.3 Å². The Morgan fingerprint density at radius 2 is 1.95 bits per heavy atom. The summed E-state index contributed by atoms with van der Waals surface area (Å²) in [6, 6.07) is -1.77. The fourth-order valence-electron chi connectivity index (χ4n) is 6.85. The van der Waals surface area contributed by atoms with E-state index in [1.165, 1.54) is 4.90 Å². The number of rotatable bonds is 16. The highest BCUT2D eigenvalue weighted by Gasteiger charge is 2.77. The number of ether oxygens (including phenoxy) is 2. The monoisotopic (exact) mass is 653 g/mol. The largest absolute Gasteiger partial charge is 0.460 e. The van der Waals surface area contributed by atoms with Gasteiger partial charge < -0.3 is 29.7 Å². The van der Waals surface area contributed by atoms with Gasteiger partial charge in [-0.3, -0.25) is 19.2 Å². The van der Waals surface area contributed by atoms with Crippen LogP contribution in [0.1, 0.15) is 66.7 Å². The van der Waals surface area contributed by atoms with Crippen molar-refractivity contribution in [3.63, 3.8) is 0 Å². The molecule has 3 fully saturated rings. The van der Waals surface area contributed by atoms with Crippen LogP contribution in [0.2, 0.25) is 0 Å². The molecule has 3 amide bonds. The summed E-state index contributed by atoms with van der Waals surface area (Å²) in [5, 5.41) is 13.2. The second kappa shape index (κ2) is 14.5. The number of allylic oxidation sites excluding steroid dienone is 1. The molecule has 3 heterocycles. The maximum atomic E-state index is 14.5. The Hall–Kier alpha value is -2.24. The van der Waals surface area contributed by atoms with Crippen LogP contribution in [0.15, 0.2) is 25.3 Å². The molecule has 3 aliphatic rings. The van der Waals surface area contributed by atoms with Crippen LogP contribution in [0, 0.1) is 17.8 Å². The third-order valence-corrected chi connectivity index (χ3v) is 9.72. The lowest BCUT2D eigenvalue weighted by molar-refractivity contribution is -0.160. The molecule has 3 aliphatic heterocycles. The number of hydrogen-bond donors (Lipinski definition) is 2. The number of likely N-dealkylation sites (tertiary alicyclic amines) is 1. The normalized spacial score (nSPS) is 30.0. The number of alkyl halides is 1. The standard InChI is InChI=1S/C31H48BrN3O7/c1-8-11-13-23(37)33-16-20(7)41-30(40)24-25-28(38)35(22(17-36)18(4)5)27(31(25)15-21(32)26(24)42-31)29(39)34(14-10-3)19(6)12-9-2/h8,10,18-22,24-27,36H,1,3,9,11-17H2,2,4-7H3,(H,33,37)/t19?,20-,21?,22-,24+,25-,26+,27+,31-/m0/s1. The van der Waals surface area contributed by atoms with E-state index in [2.05, 4.69) is 41.3 Å². The maximum Gasteiger partial charge on any atom is 0.312 e. The van der Waals surface area contributed by atoms with Gasteiger partial charge in [-0.1, -0.05) is 55.3 Å². The molecule has 1 spiro atoms. The lowest BCUT2D eigenvalue weighted by Crippen LogP contribution is -2.61. The molecular formula is C31H48BrN3O7. The van der Waals surface area contributed by atoms with Gasteiger partial charge in [0, 0.05) is 23.8 Å². The molecule has 42 heavy (non-hydrogen) atoms. The summed E-state index contributed by atoms with van der Waals surface area (Å²) in [5.74, 6) is -3.45. The molecule has 236 valence electrons. The number of nitrogens with one attached hydrogen (secondary N) is 1. The van der Waals surface area contributed by atoms with E-state index in [0.29, 0.717) is 25.8 Å². The van der Waals surface area contributed by atoms with Crippen LogP contribution in [0.5, 0.6) is 0 Å². The molecule has 2 N–H and O–H groups in total. The number of aliphatic hydroxyl groups excluding tert-OH is 1. The van der Waals surface area contributed by atoms with Crippen LogP contribution in [0.3, 0.4) is 0 Å². The topological polar surface area (TPSA) is 125 Å². The molecule has 2 bridgehead atoms. The highest BCUT2D eigenvalue weighted by molar-refractivity contribution is 9.09. The van der Waals surface area contributed by atoms with Crippen LogP contribution in [0.4, 0.5) is 0 Å². The van der Waals surface area contributed by atoms with Gasteiger partial charge in [-0.15, -0.1) is 13.2 Å². The van der Waals surface area contributed by atoms with Crippen molar-refractivity contribution < 1.29 is 33.8 Å². The zero-order valence-electron chi connectivity index (χ0n) is 25.6. The average Bonchev–Trinajstić information content (AvgIpc) is 3.53. The molecule has 0 aromatic heterocycles. The first-order chi connectivity index (χ1) is 19.9. The van der Waals surface area contributed by atoms with Crippen molar-refractivity contribution in [1.29, 1.82) is 0 Å². The molecule has 3 rings (SSSR count). The van der Waals surface area contributed by atoms with Crippen LogP contribution in [-0.2, 0) is 28.7 Å². The van der Waals surface area contributed by atoms with E-state index in [9.17, 15) is 24.3 Å². The van der Waals surface area contributed by atoms with Crippen molar-refractivity contribution in [3.8, 4) is 0 Å². The van der Waals surface area contributed by atoms with Crippen LogP contribution in [0.25, 0.3) is 0 Å². The Morgan fingerprint density at radius 3 is 2.52 bits per heavy atom. The third kappa shape index (κ3) is 6.48. The van der Waals surface area contributed by atoms with Gasteiger partial charge in [0.15, 0.2) is 0 Å². The number of carbonyl (C=O) groups is 4. The van der Waals surface area contributed by atoms with Gasteiger partial charge in [0.1, 0.15) is 17.7 Å². The van der Waals surface area contributed by atoms with Gasteiger partial charge in [-0.05, 0) is 39.0 Å². The minimum absolute atomic E-state index is 0.110. The Kier molecular flexibility index (Phi) is 11.8. The number of carbonyl (C=O) groups excluding carboxylic acids is 4. The van der Waals surface area contributed by atoms with Gasteiger partial charge in [0.05, 0.1) is 37.1 Å². The summed E-state index contributed by atoms with van der Waals surface area (Å²) in [4.78, 5) is 57.5. The second-order valence-electron chi connectivity index (χ2n) is 12.2. The van der Waals surface area contributed by atoms with Crippen molar-refractivity contribution >= 4 is 39.6 Å². The lowest BCUT2D eigenvalue weighted by atomic mass is 9.70. The molecule has 2 unspecified atom stereocenters. The van der Waals surface area contributed by atoms with Crippen molar-refractivity contribution in [2.45, 2.75) is 107 Å². The van der Waals surface area contributed by atoms with Crippen molar-refractivity contribution in [2.24, 2.45) is 17.8 Å². The predicted molar refractivity (Wildman–Crippen MR) is 163 cm³/mol. The maximum absolute atomic E-state index is 14.5. The first-order valence-corrected chi connectivity index (χ1v) is 16.1. The number of aliphatic hydroxyl groups is 1. The summed E-state index contributed by atoms with van der Waals surface area (Å²) in [7, 11) is 0. The Morgan fingerprint density at radius 1 is 1.26 bits per heavy atom. The number of fused-ring (bicyclic) bond motifs is 1. The SMILES string of the molecule is C=CCCC(=O)NC[C@H](C)OC(=O)[C@H]1[C@@H]2O[C@@]3(CC2Br)[C@@H]1C(=O)N([C@@H](CO)C(C)C)[C@@H]3C(=O)N(CC=C)C(C)CCC. The van der Waals surface area contributed by atoms with Crippen molar-refractivity contribution in [2.75, 3.05) is 19.7 Å². The van der Waals surface area contributed by atoms with Crippen molar-refractivity contribution in [1.82, 2.24) is 15.1 Å². The third-order valence-electron chi connectivity index (χ3n) is 8.87. The van der Waals surface area contributed by atoms with Gasteiger partial charge in [-0.2, -0.15) is 0 Å². The molecule has 11 heteroatoms. The molecule has 10 nitrogen and oxygen atoms in total. The quantitative estimate of drug-likeness (QED) is 0.149. The average molecular weight is 655 g/mol. The molecule has 0 aromatic rings. The Bertz CT molecular complexity index is 1040. The fourth-order valence-corrected chi connectivity index (χ4v) is 7.79. The summed E-state index contributed by atoms with van der Waals surface area (Å²) in [6.07, 6.45) is 4.87. The van der Waals surface area contributed by atoms with E-state index in [0.717, 1.165) is 12.8 Å².